The second-order valence-electron chi connectivity index (χ2n) is 7.77. The van der Waals surface area contributed by atoms with Gasteiger partial charge >= 0.3 is 5.97 Å². The number of pyridine rings is 1. The van der Waals surface area contributed by atoms with Crippen LogP contribution in [-0.2, 0) is 16.0 Å². The molecule has 1 aromatic carbocycles. The van der Waals surface area contributed by atoms with Crippen molar-refractivity contribution in [1.29, 1.82) is 0 Å². The van der Waals surface area contributed by atoms with Gasteiger partial charge in [-0.2, -0.15) is 0 Å². The lowest BCUT2D eigenvalue weighted by molar-refractivity contribution is -0.143. The molecule has 0 saturated heterocycles. The van der Waals surface area contributed by atoms with Gasteiger partial charge in [-0.15, -0.1) is 0 Å². The minimum Gasteiger partial charge on any atom is -0.466 e. The van der Waals surface area contributed by atoms with E-state index in [9.17, 15) is 4.79 Å². The highest BCUT2D eigenvalue weighted by molar-refractivity contribution is 7.99. The highest BCUT2D eigenvalue weighted by atomic mass is 35.5. The molecule has 0 bridgehead atoms. The van der Waals surface area contributed by atoms with Gasteiger partial charge in [-0.1, -0.05) is 48.8 Å². The number of benzene rings is 1. The number of hydrogen-bond donors (Lipinski definition) is 0. The highest BCUT2D eigenvalue weighted by Gasteiger charge is 2.32. The predicted molar refractivity (Wildman–Crippen MR) is 123 cm³/mol. The monoisotopic (exact) mass is 462 g/mol. The number of esters is 1. The molecule has 0 amide bonds. The average Bonchev–Trinajstić information content (AvgIpc) is 3.24. The molecule has 2 aromatic heterocycles. The van der Waals surface area contributed by atoms with Crippen molar-refractivity contribution in [3.63, 3.8) is 0 Å². The van der Waals surface area contributed by atoms with Crippen LogP contribution in [0.4, 0.5) is 0 Å². The summed E-state index contributed by atoms with van der Waals surface area (Å²) in [5.41, 5.74) is 3.47. The van der Waals surface area contributed by atoms with Gasteiger partial charge in [0.15, 0.2) is 0 Å². The summed E-state index contributed by atoms with van der Waals surface area (Å²) in [6.45, 7) is 6.57. The summed E-state index contributed by atoms with van der Waals surface area (Å²) < 4.78 is 7.56. The number of ether oxygens (including phenoxy) is 1. The van der Waals surface area contributed by atoms with Crippen molar-refractivity contribution >= 4 is 51.8 Å². The van der Waals surface area contributed by atoms with Crippen LogP contribution >= 0.6 is 35.0 Å². The van der Waals surface area contributed by atoms with Gasteiger partial charge < -0.3 is 9.30 Å². The second-order valence-corrected chi connectivity index (χ2v) is 9.67. The molecule has 158 valence electrons. The van der Waals surface area contributed by atoms with Crippen molar-refractivity contribution in [3.8, 4) is 0 Å². The van der Waals surface area contributed by atoms with Gasteiger partial charge in [-0.05, 0) is 49.9 Å². The lowest BCUT2D eigenvalue weighted by atomic mass is 10.0. The molecule has 1 atom stereocenters. The van der Waals surface area contributed by atoms with E-state index in [1.54, 1.807) is 11.8 Å². The Morgan fingerprint density at radius 1 is 1.30 bits per heavy atom. The fourth-order valence-corrected chi connectivity index (χ4v) is 5.74. The molecule has 0 radical (unpaired) electrons. The van der Waals surface area contributed by atoms with Crippen molar-refractivity contribution in [2.45, 2.75) is 61.8 Å². The van der Waals surface area contributed by atoms with Crippen LogP contribution in [-0.4, -0.2) is 22.1 Å². The Bertz CT molecular complexity index is 1110. The van der Waals surface area contributed by atoms with Gasteiger partial charge in [0.05, 0.1) is 34.3 Å². The molecule has 1 unspecified atom stereocenters. The maximum Gasteiger partial charge on any atom is 0.307 e. The van der Waals surface area contributed by atoms with E-state index in [-0.39, 0.29) is 17.9 Å². The molecule has 7 heteroatoms. The zero-order chi connectivity index (χ0) is 21.4. The molecule has 0 aliphatic carbocycles. The summed E-state index contributed by atoms with van der Waals surface area (Å²) in [5, 5.41) is 2.27. The predicted octanol–water partition coefficient (Wildman–Crippen LogP) is 7.06. The second kappa shape index (κ2) is 8.81. The standard InChI is InChI=1S/C23H24Cl2N2O2S/c1-4-29-20(28)11-14-5-8-19-23(30-15-6-7-16(24)17(25)12-15)21-18(27(14)19)9-10-26-22(21)13(2)3/h6-7,9-10,12-14H,4-5,8,11H2,1-3H3. The number of fused-ring (bicyclic) bond motifs is 3. The quantitative estimate of drug-likeness (QED) is 0.367. The lowest BCUT2D eigenvalue weighted by Crippen LogP contribution is -2.13. The summed E-state index contributed by atoms with van der Waals surface area (Å²) in [6.07, 6.45) is 4.11. The molecule has 4 nitrogen and oxygen atoms in total. The molecular formula is C23H24Cl2N2O2S. The van der Waals surface area contributed by atoms with Crippen molar-refractivity contribution in [2.24, 2.45) is 0 Å². The van der Waals surface area contributed by atoms with E-state index in [1.165, 1.54) is 16.0 Å². The molecule has 30 heavy (non-hydrogen) atoms. The summed E-state index contributed by atoms with van der Waals surface area (Å²) in [6, 6.07) is 7.89. The first-order valence-electron chi connectivity index (χ1n) is 10.2. The zero-order valence-electron chi connectivity index (χ0n) is 17.2. The molecule has 0 fully saturated rings. The summed E-state index contributed by atoms with van der Waals surface area (Å²) in [4.78, 5) is 19.1. The molecule has 3 heterocycles. The number of halogens is 2. The molecule has 1 aliphatic rings. The lowest BCUT2D eigenvalue weighted by Gasteiger charge is -2.15. The zero-order valence-corrected chi connectivity index (χ0v) is 19.6. The molecular weight excluding hydrogens is 439 g/mol. The van der Waals surface area contributed by atoms with E-state index in [0.717, 1.165) is 28.9 Å². The van der Waals surface area contributed by atoms with Crippen LogP contribution in [0.5, 0.6) is 0 Å². The van der Waals surface area contributed by atoms with Crippen molar-refractivity contribution in [2.75, 3.05) is 6.61 Å². The van der Waals surface area contributed by atoms with Gasteiger partial charge in [0.1, 0.15) is 0 Å². The van der Waals surface area contributed by atoms with E-state index < -0.39 is 0 Å². The van der Waals surface area contributed by atoms with Gasteiger partial charge in [-0.3, -0.25) is 9.78 Å². The molecule has 0 spiro atoms. The minimum absolute atomic E-state index is 0.104. The third-order valence-corrected chi connectivity index (χ3v) is 7.32. The number of carbonyl (C=O) groups is 1. The average molecular weight is 463 g/mol. The maximum atomic E-state index is 12.2. The summed E-state index contributed by atoms with van der Waals surface area (Å²) >= 11 is 14.1. The van der Waals surface area contributed by atoms with Gasteiger partial charge in [-0.25, -0.2) is 0 Å². The number of carbonyl (C=O) groups excluding carboxylic acids is 1. The van der Waals surface area contributed by atoms with Crippen LogP contribution < -0.4 is 0 Å². The fraction of sp³-hybridized carbons (Fsp3) is 0.391. The van der Waals surface area contributed by atoms with E-state index in [4.69, 9.17) is 32.9 Å². The highest BCUT2D eigenvalue weighted by Crippen LogP contribution is 2.47. The van der Waals surface area contributed by atoms with Crippen molar-refractivity contribution in [1.82, 2.24) is 9.55 Å². The molecule has 0 N–H and O–H groups in total. The Morgan fingerprint density at radius 3 is 2.80 bits per heavy atom. The van der Waals surface area contributed by atoms with Gasteiger partial charge in [0.2, 0.25) is 0 Å². The van der Waals surface area contributed by atoms with Crippen LogP contribution in [0.2, 0.25) is 10.0 Å². The molecule has 3 aromatic rings. The number of hydrogen-bond acceptors (Lipinski definition) is 4. The first-order valence-corrected chi connectivity index (χ1v) is 11.8. The Kier molecular flexibility index (Phi) is 6.33. The Labute approximate surface area is 190 Å². The van der Waals surface area contributed by atoms with Crippen molar-refractivity contribution < 1.29 is 9.53 Å². The van der Waals surface area contributed by atoms with Crippen LogP contribution in [0.1, 0.15) is 57.0 Å². The third-order valence-electron chi connectivity index (χ3n) is 5.44. The van der Waals surface area contributed by atoms with Gasteiger partial charge in [0, 0.05) is 33.1 Å². The molecule has 0 saturated carbocycles. The van der Waals surface area contributed by atoms with E-state index in [2.05, 4.69) is 24.5 Å². The number of aromatic nitrogens is 2. The number of rotatable bonds is 6. The summed E-state index contributed by atoms with van der Waals surface area (Å²) in [5.74, 6) is 0.141. The maximum absolute atomic E-state index is 12.2. The Balaban J connectivity index is 1.85. The SMILES string of the molecule is CCOC(=O)CC1CCc2c(Sc3ccc(Cl)c(Cl)c3)c3c(C(C)C)nccc3n21. The first kappa shape index (κ1) is 21.5. The van der Waals surface area contributed by atoms with Crippen molar-refractivity contribution in [3.05, 3.63) is 51.9 Å². The minimum atomic E-state index is -0.144. The fourth-order valence-electron chi connectivity index (χ4n) is 4.19. The van der Waals surface area contributed by atoms with Crippen LogP contribution in [0.15, 0.2) is 40.3 Å². The van der Waals surface area contributed by atoms with E-state index in [0.29, 0.717) is 23.1 Å². The largest absolute Gasteiger partial charge is 0.466 e. The smallest absolute Gasteiger partial charge is 0.307 e. The van der Waals surface area contributed by atoms with Crippen LogP contribution in [0.3, 0.4) is 0 Å². The van der Waals surface area contributed by atoms with Gasteiger partial charge in [0.25, 0.3) is 0 Å². The normalized spacial score (nSPS) is 15.7. The van der Waals surface area contributed by atoms with E-state index in [1.807, 2.05) is 31.3 Å². The van der Waals surface area contributed by atoms with E-state index >= 15 is 0 Å². The molecule has 4 rings (SSSR count). The summed E-state index contributed by atoms with van der Waals surface area (Å²) in [7, 11) is 0. The Morgan fingerprint density at radius 2 is 2.10 bits per heavy atom. The van der Waals surface area contributed by atoms with Crippen LogP contribution in [0, 0.1) is 0 Å². The molecule has 1 aliphatic heterocycles. The number of nitrogens with zero attached hydrogens (tertiary/aromatic N) is 2. The Hall–Kier alpha value is -1.69. The first-order chi connectivity index (χ1) is 14.4. The van der Waals surface area contributed by atoms with Crippen LogP contribution in [0.25, 0.3) is 10.9 Å². The topological polar surface area (TPSA) is 44.1 Å². The third kappa shape index (κ3) is 3.95.